The maximum absolute atomic E-state index is 13.1. The Labute approximate surface area is 243 Å². The number of hydrogen-bond donors (Lipinski definition) is 1. The largest absolute Gasteiger partial charge is 0.489 e. The van der Waals surface area contributed by atoms with Crippen molar-refractivity contribution in [1.82, 2.24) is 0 Å². The van der Waals surface area contributed by atoms with Crippen molar-refractivity contribution in [3.05, 3.63) is 136 Å². The molecular weight excluding hydrogens is 528 g/mol. The first kappa shape index (κ1) is 26.7. The Hall–Kier alpha value is -5.48. The highest BCUT2D eigenvalue weighted by Crippen LogP contribution is 2.44. The molecule has 42 heavy (non-hydrogen) atoms. The summed E-state index contributed by atoms with van der Waals surface area (Å²) in [6.45, 7) is 6.26. The van der Waals surface area contributed by atoms with E-state index in [1.165, 1.54) is 0 Å². The number of carbonyl (C=O) groups excluding carboxylic acids is 1. The molecule has 7 heteroatoms. The molecule has 0 amide bonds. The van der Waals surface area contributed by atoms with Crippen LogP contribution in [0, 0.1) is 32.1 Å². The van der Waals surface area contributed by atoms with Gasteiger partial charge >= 0.3 is 5.97 Å². The Morgan fingerprint density at radius 1 is 0.952 bits per heavy atom. The van der Waals surface area contributed by atoms with Gasteiger partial charge in [-0.15, -0.1) is 0 Å². The Morgan fingerprint density at radius 3 is 2.43 bits per heavy atom. The molecule has 0 fully saturated rings. The molecule has 1 aliphatic heterocycles. The lowest BCUT2D eigenvalue weighted by Crippen LogP contribution is -2.21. The quantitative estimate of drug-likeness (QED) is 0.172. The van der Waals surface area contributed by atoms with Crippen LogP contribution in [0.1, 0.15) is 49.9 Å². The number of ether oxygens (including phenoxy) is 3. The summed E-state index contributed by atoms with van der Waals surface area (Å²) >= 11 is 0. The molecule has 0 radical (unpaired) electrons. The predicted octanol–water partition coefficient (Wildman–Crippen LogP) is 7.37. The second kappa shape index (κ2) is 10.8. The minimum Gasteiger partial charge on any atom is -0.489 e. The summed E-state index contributed by atoms with van der Waals surface area (Å²) in [5.74, 6) is 0.453. The number of carbonyl (C=O) groups is 1. The number of furan rings is 1. The number of nitrogens with zero attached hydrogens (tertiary/aromatic N) is 1. The zero-order valence-electron chi connectivity index (χ0n) is 23.4. The summed E-state index contributed by atoms with van der Waals surface area (Å²) in [5.41, 5.74) is 12.6. The van der Waals surface area contributed by atoms with E-state index in [0.717, 1.165) is 38.8 Å². The van der Waals surface area contributed by atoms with Gasteiger partial charge in [-0.05, 0) is 67.3 Å². The van der Waals surface area contributed by atoms with Gasteiger partial charge in [0, 0.05) is 22.6 Å². The van der Waals surface area contributed by atoms with Crippen LogP contribution < -0.4 is 19.9 Å². The number of esters is 1. The van der Waals surface area contributed by atoms with E-state index in [-0.39, 0.29) is 17.4 Å². The highest BCUT2D eigenvalue weighted by molar-refractivity contribution is 5.98. The first-order chi connectivity index (χ1) is 20.3. The number of rotatable bonds is 6. The predicted molar refractivity (Wildman–Crippen MR) is 158 cm³/mol. The van der Waals surface area contributed by atoms with Crippen molar-refractivity contribution in [2.45, 2.75) is 33.3 Å². The molecule has 1 aliphatic rings. The van der Waals surface area contributed by atoms with Crippen molar-refractivity contribution >= 4 is 16.9 Å². The summed E-state index contributed by atoms with van der Waals surface area (Å²) < 4.78 is 23.4. The van der Waals surface area contributed by atoms with E-state index in [4.69, 9.17) is 24.4 Å². The topological polar surface area (TPSA) is 108 Å². The number of nitrogens with two attached hydrogens (primary N) is 1. The minimum absolute atomic E-state index is 0.00172. The smallest absolute Gasteiger partial charge is 0.379 e. The third kappa shape index (κ3) is 4.95. The number of nitriles is 1. The van der Waals surface area contributed by atoms with Gasteiger partial charge in [-0.1, -0.05) is 54.6 Å². The van der Waals surface area contributed by atoms with Gasteiger partial charge in [0.2, 0.25) is 11.6 Å². The van der Waals surface area contributed by atoms with E-state index in [1.807, 2.05) is 81.4 Å². The lowest BCUT2D eigenvalue weighted by atomic mass is 9.83. The van der Waals surface area contributed by atoms with Gasteiger partial charge in [0.1, 0.15) is 41.1 Å². The van der Waals surface area contributed by atoms with Gasteiger partial charge in [-0.2, -0.15) is 5.26 Å². The number of benzene rings is 4. The van der Waals surface area contributed by atoms with Crippen molar-refractivity contribution in [2.75, 3.05) is 0 Å². The van der Waals surface area contributed by atoms with Gasteiger partial charge in [-0.3, -0.25) is 0 Å². The maximum Gasteiger partial charge on any atom is 0.379 e. The summed E-state index contributed by atoms with van der Waals surface area (Å²) in [6, 6.07) is 28.7. The molecule has 0 aliphatic carbocycles. The zero-order valence-corrected chi connectivity index (χ0v) is 23.4. The van der Waals surface area contributed by atoms with Crippen LogP contribution in [0.15, 0.2) is 101 Å². The number of fused-ring (bicyclic) bond motifs is 2. The first-order valence-corrected chi connectivity index (χ1v) is 13.5. The monoisotopic (exact) mass is 556 g/mol. The van der Waals surface area contributed by atoms with E-state index >= 15 is 0 Å². The van der Waals surface area contributed by atoms with Crippen LogP contribution in [0.25, 0.3) is 11.0 Å². The van der Waals surface area contributed by atoms with Crippen LogP contribution in [0.3, 0.4) is 0 Å². The Bertz CT molecular complexity index is 1900. The molecule has 5 aromatic rings. The normalized spacial score (nSPS) is 14.2. The average Bonchev–Trinajstić information content (AvgIpc) is 3.32. The third-order valence-corrected chi connectivity index (χ3v) is 7.42. The van der Waals surface area contributed by atoms with Crippen LogP contribution in [0.2, 0.25) is 0 Å². The molecule has 208 valence electrons. The minimum atomic E-state index is -0.611. The lowest BCUT2D eigenvalue weighted by Gasteiger charge is -2.26. The van der Waals surface area contributed by atoms with E-state index < -0.39 is 11.9 Å². The van der Waals surface area contributed by atoms with Gasteiger partial charge < -0.3 is 24.4 Å². The van der Waals surface area contributed by atoms with E-state index in [1.54, 1.807) is 18.2 Å². The first-order valence-electron chi connectivity index (χ1n) is 13.5. The zero-order chi connectivity index (χ0) is 29.4. The van der Waals surface area contributed by atoms with Crippen molar-refractivity contribution in [2.24, 2.45) is 5.73 Å². The third-order valence-electron chi connectivity index (χ3n) is 7.42. The highest BCUT2D eigenvalue weighted by Gasteiger charge is 2.31. The fourth-order valence-corrected chi connectivity index (χ4v) is 5.48. The number of hydrogen-bond acceptors (Lipinski definition) is 7. The van der Waals surface area contributed by atoms with Crippen molar-refractivity contribution in [1.29, 1.82) is 5.26 Å². The van der Waals surface area contributed by atoms with Crippen LogP contribution in [0.4, 0.5) is 0 Å². The summed E-state index contributed by atoms with van der Waals surface area (Å²) in [6.07, 6.45) is 0. The molecule has 4 aromatic carbocycles. The van der Waals surface area contributed by atoms with Crippen molar-refractivity contribution < 1.29 is 23.4 Å². The molecule has 0 saturated heterocycles. The SMILES string of the molecule is Cc1cc(C)c2c(C)c(C(=O)Oc3ccc4c(c3)OC(N)=C(C#N)C4c3ccc(OCc4ccccc4)cc3)oc2c1. The van der Waals surface area contributed by atoms with Gasteiger partial charge in [0.25, 0.3) is 0 Å². The summed E-state index contributed by atoms with van der Waals surface area (Å²) in [5, 5.41) is 10.8. The molecule has 7 nitrogen and oxygen atoms in total. The van der Waals surface area contributed by atoms with Crippen LogP contribution >= 0.6 is 0 Å². The van der Waals surface area contributed by atoms with E-state index in [9.17, 15) is 10.1 Å². The molecule has 1 atom stereocenters. The van der Waals surface area contributed by atoms with E-state index in [2.05, 4.69) is 12.1 Å². The van der Waals surface area contributed by atoms with Crippen molar-refractivity contribution in [3.8, 4) is 23.3 Å². The standard InChI is InChI=1S/C35H28N2O5/c1-20-15-21(2)31-22(3)33(41-30(31)16-20)35(38)40-26-13-14-27-29(17-26)42-34(37)28(18-36)32(27)24-9-11-25(12-10-24)39-19-23-7-5-4-6-8-23/h4-17,32H,19,37H2,1-3H3. The lowest BCUT2D eigenvalue weighted by molar-refractivity contribution is 0.0702. The fraction of sp³-hybridized carbons (Fsp3) is 0.143. The van der Waals surface area contributed by atoms with Crippen molar-refractivity contribution in [3.63, 3.8) is 0 Å². The van der Waals surface area contributed by atoms with Crippen LogP contribution in [-0.4, -0.2) is 5.97 Å². The van der Waals surface area contributed by atoms with Gasteiger partial charge in [0.15, 0.2) is 0 Å². The maximum atomic E-state index is 13.1. The molecule has 2 heterocycles. The summed E-state index contributed by atoms with van der Waals surface area (Å²) in [7, 11) is 0. The highest BCUT2D eigenvalue weighted by atomic mass is 16.5. The Balaban J connectivity index is 1.26. The second-order valence-corrected chi connectivity index (χ2v) is 10.4. The number of aryl methyl sites for hydroxylation is 3. The second-order valence-electron chi connectivity index (χ2n) is 10.4. The molecule has 1 aromatic heterocycles. The fourth-order valence-electron chi connectivity index (χ4n) is 5.48. The molecule has 0 spiro atoms. The summed E-state index contributed by atoms with van der Waals surface area (Å²) in [4.78, 5) is 13.1. The van der Waals surface area contributed by atoms with E-state index in [0.29, 0.717) is 29.3 Å². The Kier molecular flexibility index (Phi) is 6.89. The van der Waals surface area contributed by atoms with Crippen LogP contribution in [-0.2, 0) is 6.61 Å². The molecule has 1 unspecified atom stereocenters. The molecular formula is C35H28N2O5. The van der Waals surface area contributed by atoms with Crippen LogP contribution in [0.5, 0.6) is 17.2 Å². The number of allylic oxidation sites excluding steroid dienone is 1. The molecule has 0 saturated carbocycles. The molecule has 6 rings (SSSR count). The molecule has 0 bridgehead atoms. The van der Waals surface area contributed by atoms with Gasteiger partial charge in [0.05, 0.1) is 5.92 Å². The van der Waals surface area contributed by atoms with Gasteiger partial charge in [-0.25, -0.2) is 4.79 Å². The molecule has 2 N–H and O–H groups in total. The average molecular weight is 557 g/mol. The Morgan fingerprint density at radius 2 is 1.69 bits per heavy atom.